The van der Waals surface area contributed by atoms with Crippen molar-refractivity contribution in [1.82, 2.24) is 0 Å². The van der Waals surface area contributed by atoms with E-state index in [0.29, 0.717) is 5.92 Å². The standard InChI is InChI=1S/C81H64N2O2/c1-54(2)63-28-18-30-69(48-63)82(65-40-32-57(33-41-65)55-20-10-6-11-21-55)67-44-36-61(37-45-67)77-52-75-73-51-72(60-26-16-9-17-27-60)80-76(74(73)50-71(79(75)84-77)59-24-14-8-15-25-59)53-78(85-80)62-38-46-68(47-39-62)83(70-31-19-29-64(49-70)81(3,4)5)66-42-34-58(35-43-66)56-22-12-7-13-23-56/h6-54H,1-5H3. The van der Waals surface area contributed by atoms with E-state index >= 15 is 0 Å². The molecule has 14 aromatic rings. The predicted octanol–water partition coefficient (Wildman–Crippen LogP) is 23.7. The second kappa shape index (κ2) is 22.1. The molecule has 0 bridgehead atoms. The van der Waals surface area contributed by atoms with Crippen LogP contribution in [0.25, 0.3) is 99.9 Å². The monoisotopic (exact) mass is 1100 g/mol. The van der Waals surface area contributed by atoms with Crippen LogP contribution >= 0.6 is 0 Å². The van der Waals surface area contributed by atoms with Crippen LogP contribution in [0.5, 0.6) is 0 Å². The Morgan fingerprint density at radius 3 is 1.00 bits per heavy atom. The lowest BCUT2D eigenvalue weighted by Gasteiger charge is -2.28. The molecule has 0 atom stereocenters. The summed E-state index contributed by atoms with van der Waals surface area (Å²) in [5.41, 5.74) is 21.7. The molecule has 0 amide bonds. The molecule has 14 rings (SSSR count). The summed E-state index contributed by atoms with van der Waals surface area (Å²) in [6, 6.07) is 105. The summed E-state index contributed by atoms with van der Waals surface area (Å²) < 4.78 is 14.3. The first kappa shape index (κ1) is 52.6. The maximum absolute atomic E-state index is 7.16. The van der Waals surface area contributed by atoms with Gasteiger partial charge in [0.25, 0.3) is 0 Å². The molecule has 12 aromatic carbocycles. The Kier molecular flexibility index (Phi) is 13.7. The second-order valence-corrected chi connectivity index (χ2v) is 23.5. The van der Waals surface area contributed by atoms with Crippen molar-refractivity contribution in [2.75, 3.05) is 9.80 Å². The van der Waals surface area contributed by atoms with Crippen molar-refractivity contribution in [1.29, 1.82) is 0 Å². The SMILES string of the molecule is CC(C)c1cccc(N(c2ccc(-c3ccccc3)cc2)c2ccc(-c3cc4c(o3)c(-c3ccccc3)cc3c5cc(-c6ccc(N(c7ccc(-c8ccccc8)cc7)c7cccc(C(C)(C)C)c7)cc6)oc5c(-c5ccccc5)cc43)cc2)c1. The average molecular weight is 1100 g/mol. The van der Waals surface area contributed by atoms with Crippen molar-refractivity contribution >= 4 is 66.8 Å². The van der Waals surface area contributed by atoms with Gasteiger partial charge in [0.15, 0.2) is 0 Å². The van der Waals surface area contributed by atoms with Gasteiger partial charge in [0.2, 0.25) is 0 Å². The van der Waals surface area contributed by atoms with E-state index in [0.717, 1.165) is 112 Å². The molecule has 85 heavy (non-hydrogen) atoms. The van der Waals surface area contributed by atoms with Gasteiger partial charge in [0, 0.05) is 67.2 Å². The fourth-order valence-electron chi connectivity index (χ4n) is 12.0. The Bertz CT molecular complexity index is 4650. The molecule has 2 heterocycles. The molecule has 0 aliphatic rings. The summed E-state index contributed by atoms with van der Waals surface area (Å²) in [7, 11) is 0. The van der Waals surface area contributed by atoms with Gasteiger partial charge in [-0.1, -0.05) is 204 Å². The van der Waals surface area contributed by atoms with Gasteiger partial charge in [-0.15, -0.1) is 0 Å². The number of furan rings is 2. The zero-order chi connectivity index (χ0) is 57.6. The number of rotatable bonds is 13. The molecule has 0 fully saturated rings. The summed E-state index contributed by atoms with van der Waals surface area (Å²) in [5.74, 6) is 1.98. The van der Waals surface area contributed by atoms with Crippen LogP contribution in [0.4, 0.5) is 34.1 Å². The highest BCUT2D eigenvalue weighted by atomic mass is 16.3. The smallest absolute Gasteiger partial charge is 0.143 e. The fourth-order valence-corrected chi connectivity index (χ4v) is 12.0. The molecule has 0 unspecified atom stereocenters. The lowest BCUT2D eigenvalue weighted by atomic mass is 9.87. The van der Waals surface area contributed by atoms with E-state index in [1.807, 2.05) is 0 Å². The normalized spacial score (nSPS) is 11.7. The number of hydrogen-bond acceptors (Lipinski definition) is 4. The number of benzene rings is 12. The molecular formula is C81H64N2O2. The molecule has 4 nitrogen and oxygen atoms in total. The average Bonchev–Trinajstić information content (AvgIpc) is 4.15. The van der Waals surface area contributed by atoms with Gasteiger partial charge in [-0.3, -0.25) is 0 Å². The van der Waals surface area contributed by atoms with E-state index in [1.54, 1.807) is 0 Å². The minimum absolute atomic E-state index is 0.0187. The van der Waals surface area contributed by atoms with Gasteiger partial charge < -0.3 is 18.6 Å². The van der Waals surface area contributed by atoms with Crippen LogP contribution in [0.15, 0.2) is 300 Å². The zero-order valence-electron chi connectivity index (χ0n) is 48.5. The van der Waals surface area contributed by atoms with Gasteiger partial charge in [-0.05, 0) is 188 Å². The third-order valence-electron chi connectivity index (χ3n) is 16.6. The fraction of sp³-hybridized carbons (Fsp3) is 0.0864. The Labute approximate surface area is 498 Å². The van der Waals surface area contributed by atoms with E-state index in [2.05, 4.69) is 336 Å². The molecular weight excluding hydrogens is 1030 g/mol. The molecule has 0 saturated carbocycles. The van der Waals surface area contributed by atoms with Crippen molar-refractivity contribution < 1.29 is 8.83 Å². The topological polar surface area (TPSA) is 32.8 Å². The van der Waals surface area contributed by atoms with E-state index in [4.69, 9.17) is 8.83 Å². The maximum Gasteiger partial charge on any atom is 0.143 e. The molecule has 0 aliphatic heterocycles. The maximum atomic E-state index is 7.16. The third-order valence-corrected chi connectivity index (χ3v) is 16.6. The second-order valence-electron chi connectivity index (χ2n) is 23.5. The molecule has 0 aliphatic carbocycles. The number of hydrogen-bond donors (Lipinski definition) is 0. The van der Waals surface area contributed by atoms with Crippen molar-refractivity contribution in [2.24, 2.45) is 0 Å². The van der Waals surface area contributed by atoms with Gasteiger partial charge in [0.1, 0.15) is 22.7 Å². The van der Waals surface area contributed by atoms with Crippen molar-refractivity contribution in [3.63, 3.8) is 0 Å². The van der Waals surface area contributed by atoms with Gasteiger partial charge in [0.05, 0.1) is 0 Å². The molecule has 0 saturated heterocycles. The van der Waals surface area contributed by atoms with E-state index < -0.39 is 0 Å². The largest absolute Gasteiger partial charge is 0.455 e. The van der Waals surface area contributed by atoms with Crippen molar-refractivity contribution in [3.8, 4) is 67.2 Å². The van der Waals surface area contributed by atoms with Gasteiger partial charge in [-0.25, -0.2) is 0 Å². The van der Waals surface area contributed by atoms with Crippen LogP contribution in [0.2, 0.25) is 0 Å². The zero-order valence-corrected chi connectivity index (χ0v) is 48.5. The summed E-state index contributed by atoms with van der Waals surface area (Å²) >= 11 is 0. The molecule has 4 heteroatoms. The van der Waals surface area contributed by atoms with Crippen LogP contribution in [0.1, 0.15) is 51.7 Å². The Hall–Kier alpha value is -10.4. The number of nitrogens with zero attached hydrogens (tertiary/aromatic N) is 2. The lowest BCUT2D eigenvalue weighted by molar-refractivity contribution is 0.590. The molecule has 0 spiro atoms. The Morgan fingerprint density at radius 1 is 0.282 bits per heavy atom. The molecule has 0 N–H and O–H groups in total. The lowest BCUT2D eigenvalue weighted by Crippen LogP contribution is -2.14. The third kappa shape index (κ3) is 10.3. The van der Waals surface area contributed by atoms with Crippen molar-refractivity contribution in [3.05, 3.63) is 302 Å². The molecule has 410 valence electrons. The van der Waals surface area contributed by atoms with E-state index in [-0.39, 0.29) is 5.41 Å². The van der Waals surface area contributed by atoms with E-state index in [9.17, 15) is 0 Å². The summed E-state index contributed by atoms with van der Waals surface area (Å²) in [6.45, 7) is 11.3. The van der Waals surface area contributed by atoms with Gasteiger partial charge in [-0.2, -0.15) is 0 Å². The quantitative estimate of drug-likeness (QED) is 0.115. The van der Waals surface area contributed by atoms with Crippen LogP contribution in [-0.2, 0) is 5.41 Å². The Morgan fingerprint density at radius 2 is 0.624 bits per heavy atom. The first-order valence-electron chi connectivity index (χ1n) is 29.5. The van der Waals surface area contributed by atoms with Crippen LogP contribution in [0, 0.1) is 0 Å². The number of fused-ring (bicyclic) bond motifs is 5. The highest BCUT2D eigenvalue weighted by Gasteiger charge is 2.24. The van der Waals surface area contributed by atoms with Gasteiger partial charge >= 0.3 is 0 Å². The minimum atomic E-state index is -0.0187. The van der Waals surface area contributed by atoms with Crippen LogP contribution in [-0.4, -0.2) is 0 Å². The minimum Gasteiger partial charge on any atom is -0.455 e. The predicted molar refractivity (Wildman–Crippen MR) is 358 cm³/mol. The Balaban J connectivity index is 0.877. The summed E-state index contributed by atoms with van der Waals surface area (Å²) in [5, 5.41) is 4.27. The van der Waals surface area contributed by atoms with Crippen LogP contribution in [0.3, 0.4) is 0 Å². The first-order valence-corrected chi connectivity index (χ1v) is 29.5. The van der Waals surface area contributed by atoms with Crippen molar-refractivity contribution in [2.45, 2.75) is 46.0 Å². The summed E-state index contributed by atoms with van der Waals surface area (Å²) in [6.07, 6.45) is 0. The molecule has 0 radical (unpaired) electrons. The summed E-state index contributed by atoms with van der Waals surface area (Å²) in [4.78, 5) is 4.70. The van der Waals surface area contributed by atoms with Crippen LogP contribution < -0.4 is 9.80 Å². The molecule has 2 aromatic heterocycles. The highest BCUT2D eigenvalue weighted by Crippen LogP contribution is 2.48. The number of anilines is 6. The first-order chi connectivity index (χ1) is 41.6. The highest BCUT2D eigenvalue weighted by molar-refractivity contribution is 6.23. The van der Waals surface area contributed by atoms with E-state index in [1.165, 1.54) is 33.4 Å².